The molecule has 1 rings (SSSR count). The molecule has 0 aromatic heterocycles. The Labute approximate surface area is 438 Å². The highest BCUT2D eigenvalue weighted by atomic mass is 16.7. The molecule has 0 aliphatic carbocycles. The fourth-order valence-corrected chi connectivity index (χ4v) is 9.84. The smallest absolute Gasteiger partial charge is 0.220 e. The first-order chi connectivity index (χ1) is 34.8. The van der Waals surface area contributed by atoms with Gasteiger partial charge in [-0.15, -0.1) is 0 Å². The zero-order valence-electron chi connectivity index (χ0n) is 46.5. The Morgan fingerprint density at radius 1 is 0.465 bits per heavy atom. The Balaban J connectivity index is 2.23. The maximum atomic E-state index is 13.1. The number of ether oxygens (including phenoxy) is 2. The molecule has 0 saturated carbocycles. The normalized spacial score (nSPS) is 19.5. The molecule has 1 aliphatic rings. The second-order valence-electron chi connectivity index (χ2n) is 21.5. The molecule has 1 aliphatic heterocycles. The highest BCUT2D eigenvalue weighted by Gasteiger charge is 2.44. The fourth-order valence-electron chi connectivity index (χ4n) is 9.84. The van der Waals surface area contributed by atoms with Gasteiger partial charge < -0.3 is 40.3 Å². The third kappa shape index (κ3) is 41.4. The van der Waals surface area contributed by atoms with Crippen LogP contribution in [-0.4, -0.2) is 87.5 Å². The molecule has 7 atom stereocenters. The summed E-state index contributed by atoms with van der Waals surface area (Å²) in [7, 11) is 0. The molecule has 1 amide bonds. The predicted molar refractivity (Wildman–Crippen MR) is 300 cm³/mol. The first-order valence-electron chi connectivity index (χ1n) is 30.7. The SMILES string of the molecule is CCCCCCCCCCCCCCCCCC/C=C/CC/C=C/CC/C=C/C(O)C(COC1OC(CO)C(O)C(O)C1O)NC(=O)CCCCCCCCCCCCCCCCCCCCCCCC. The molecule has 9 heteroatoms. The number of unbranched alkanes of at least 4 members (excludes halogenated alkanes) is 39. The average molecular weight is 1000 g/mol. The lowest BCUT2D eigenvalue weighted by atomic mass is 9.99. The Hall–Kier alpha value is -1.59. The Bertz CT molecular complexity index is 1210. The summed E-state index contributed by atoms with van der Waals surface area (Å²) in [6.07, 6.45) is 60.8. The second-order valence-corrected chi connectivity index (χ2v) is 21.5. The maximum absolute atomic E-state index is 13.1. The van der Waals surface area contributed by atoms with Crippen molar-refractivity contribution in [3.63, 3.8) is 0 Å². The van der Waals surface area contributed by atoms with Crippen LogP contribution in [0.5, 0.6) is 0 Å². The minimum absolute atomic E-state index is 0.185. The number of carbonyl (C=O) groups excluding carboxylic acids is 1. The second kappa shape index (κ2) is 51.9. The molecule has 0 spiro atoms. The van der Waals surface area contributed by atoms with Crippen molar-refractivity contribution in [3.8, 4) is 0 Å². The van der Waals surface area contributed by atoms with Crippen LogP contribution in [-0.2, 0) is 14.3 Å². The van der Waals surface area contributed by atoms with Crippen molar-refractivity contribution < 1.29 is 39.8 Å². The Kier molecular flexibility index (Phi) is 49.3. The van der Waals surface area contributed by atoms with Crippen LogP contribution in [0.4, 0.5) is 0 Å². The summed E-state index contributed by atoms with van der Waals surface area (Å²) in [5.74, 6) is -0.185. The van der Waals surface area contributed by atoms with E-state index in [0.717, 1.165) is 44.9 Å². The number of carbonyl (C=O) groups is 1. The number of nitrogens with one attached hydrogen (secondary N) is 1. The van der Waals surface area contributed by atoms with Crippen LogP contribution in [0.2, 0.25) is 0 Å². The van der Waals surface area contributed by atoms with E-state index in [0.29, 0.717) is 6.42 Å². The molecule has 0 radical (unpaired) electrons. The largest absolute Gasteiger partial charge is 0.394 e. The van der Waals surface area contributed by atoms with Crippen LogP contribution in [0.3, 0.4) is 0 Å². The summed E-state index contributed by atoms with van der Waals surface area (Å²) < 4.78 is 11.3. The summed E-state index contributed by atoms with van der Waals surface area (Å²) in [4.78, 5) is 13.1. The lowest BCUT2D eigenvalue weighted by Crippen LogP contribution is -2.60. The van der Waals surface area contributed by atoms with Gasteiger partial charge in [-0.25, -0.2) is 0 Å². The van der Waals surface area contributed by atoms with Gasteiger partial charge in [0.25, 0.3) is 0 Å². The van der Waals surface area contributed by atoms with E-state index in [-0.39, 0.29) is 12.5 Å². The van der Waals surface area contributed by atoms with Crippen LogP contribution in [0.1, 0.15) is 296 Å². The Morgan fingerprint density at radius 3 is 1.18 bits per heavy atom. The molecule has 418 valence electrons. The monoisotopic (exact) mass is 1000 g/mol. The van der Waals surface area contributed by atoms with E-state index < -0.39 is 49.5 Å². The molecule has 1 saturated heterocycles. The predicted octanol–water partition coefficient (Wildman–Crippen LogP) is 15.5. The number of rotatable bonds is 53. The topological polar surface area (TPSA) is 149 Å². The molecule has 71 heavy (non-hydrogen) atoms. The average Bonchev–Trinajstić information content (AvgIpc) is 3.37. The van der Waals surface area contributed by atoms with Crippen molar-refractivity contribution in [2.75, 3.05) is 13.2 Å². The molecular weight excluding hydrogens is 887 g/mol. The lowest BCUT2D eigenvalue weighted by Gasteiger charge is -2.40. The first kappa shape index (κ1) is 67.4. The van der Waals surface area contributed by atoms with E-state index in [4.69, 9.17) is 9.47 Å². The van der Waals surface area contributed by atoms with Crippen molar-refractivity contribution >= 4 is 5.91 Å². The number of allylic oxidation sites excluding steroid dienone is 5. The van der Waals surface area contributed by atoms with Gasteiger partial charge in [-0.05, 0) is 44.9 Å². The van der Waals surface area contributed by atoms with Crippen LogP contribution in [0.15, 0.2) is 36.5 Å². The van der Waals surface area contributed by atoms with Crippen LogP contribution in [0, 0.1) is 0 Å². The quantitative estimate of drug-likeness (QED) is 0.0261. The first-order valence-corrected chi connectivity index (χ1v) is 30.7. The third-order valence-corrected chi connectivity index (χ3v) is 14.7. The zero-order chi connectivity index (χ0) is 51.5. The van der Waals surface area contributed by atoms with E-state index in [1.54, 1.807) is 6.08 Å². The van der Waals surface area contributed by atoms with Crippen molar-refractivity contribution in [1.82, 2.24) is 5.32 Å². The van der Waals surface area contributed by atoms with Crippen LogP contribution in [0.25, 0.3) is 0 Å². The molecule has 1 fully saturated rings. The Morgan fingerprint density at radius 2 is 0.803 bits per heavy atom. The van der Waals surface area contributed by atoms with Gasteiger partial charge in [-0.2, -0.15) is 0 Å². The molecule has 9 nitrogen and oxygen atoms in total. The molecule has 7 unspecified atom stereocenters. The standard InChI is InChI=1S/C62H117NO8/c1-3-5-7-9-11-13-15-17-19-21-23-25-27-28-29-30-31-33-35-37-39-41-43-45-47-49-51-56(65)55(54-70-62-61(69)60(68)59(67)57(53-64)71-62)63-58(66)52-50-48-46-44-42-40-38-36-34-32-26-24-22-20-18-16-14-12-10-8-6-4-2/h33,35,41,43,49,51,55-57,59-62,64-65,67-69H,3-32,34,36-40,42,44-48,50,52-54H2,1-2H3,(H,63,66)/b35-33+,43-41+,51-49+. The van der Waals surface area contributed by atoms with E-state index in [2.05, 4.69) is 43.5 Å². The minimum Gasteiger partial charge on any atom is -0.394 e. The number of hydrogen-bond donors (Lipinski definition) is 6. The summed E-state index contributed by atoms with van der Waals surface area (Å²) in [6, 6.07) is -0.827. The summed E-state index contributed by atoms with van der Waals surface area (Å²) in [5.41, 5.74) is 0. The van der Waals surface area contributed by atoms with Gasteiger partial charge in [0.2, 0.25) is 5.91 Å². The molecular formula is C62H117NO8. The van der Waals surface area contributed by atoms with Crippen molar-refractivity contribution in [2.45, 2.75) is 339 Å². The molecule has 0 bridgehead atoms. The fraction of sp³-hybridized carbons (Fsp3) is 0.887. The van der Waals surface area contributed by atoms with Crippen molar-refractivity contribution in [1.29, 1.82) is 0 Å². The lowest BCUT2D eigenvalue weighted by molar-refractivity contribution is -0.302. The van der Waals surface area contributed by atoms with Crippen molar-refractivity contribution in [2.24, 2.45) is 0 Å². The van der Waals surface area contributed by atoms with Crippen LogP contribution >= 0.6 is 0 Å². The van der Waals surface area contributed by atoms with Gasteiger partial charge >= 0.3 is 0 Å². The van der Waals surface area contributed by atoms with Gasteiger partial charge in [0.15, 0.2) is 6.29 Å². The highest BCUT2D eigenvalue weighted by molar-refractivity contribution is 5.76. The number of aliphatic hydroxyl groups is 5. The maximum Gasteiger partial charge on any atom is 0.220 e. The van der Waals surface area contributed by atoms with Crippen molar-refractivity contribution in [3.05, 3.63) is 36.5 Å². The summed E-state index contributed by atoms with van der Waals surface area (Å²) >= 11 is 0. The molecule has 1 heterocycles. The number of hydrogen-bond acceptors (Lipinski definition) is 8. The van der Waals surface area contributed by atoms with Gasteiger partial charge in [-0.3, -0.25) is 4.79 Å². The van der Waals surface area contributed by atoms with E-state index >= 15 is 0 Å². The van der Waals surface area contributed by atoms with E-state index in [1.807, 2.05) is 6.08 Å². The van der Waals surface area contributed by atoms with Gasteiger partial charge in [0.1, 0.15) is 24.4 Å². The molecule has 6 N–H and O–H groups in total. The van der Waals surface area contributed by atoms with Crippen LogP contribution < -0.4 is 5.32 Å². The highest BCUT2D eigenvalue weighted by Crippen LogP contribution is 2.23. The molecule has 0 aromatic rings. The summed E-state index contributed by atoms with van der Waals surface area (Å²) in [6.45, 7) is 3.80. The van der Waals surface area contributed by atoms with E-state index in [9.17, 15) is 30.3 Å². The van der Waals surface area contributed by atoms with Gasteiger partial charge in [0.05, 0.1) is 25.4 Å². The zero-order valence-corrected chi connectivity index (χ0v) is 46.5. The minimum atomic E-state index is -1.57. The number of amides is 1. The molecule has 0 aromatic carbocycles. The third-order valence-electron chi connectivity index (χ3n) is 14.7. The number of aliphatic hydroxyl groups excluding tert-OH is 5. The summed E-state index contributed by atoms with van der Waals surface area (Å²) in [5, 5.41) is 54.6. The van der Waals surface area contributed by atoms with Gasteiger partial charge in [-0.1, -0.05) is 281 Å². The van der Waals surface area contributed by atoms with Gasteiger partial charge in [0, 0.05) is 6.42 Å². The van der Waals surface area contributed by atoms with E-state index in [1.165, 1.54) is 231 Å².